The molecule has 0 aromatic heterocycles. The molecule has 0 spiro atoms. The van der Waals surface area contributed by atoms with Crippen LogP contribution in [-0.4, -0.2) is 60.4 Å². The Kier molecular flexibility index (Phi) is 8.75. The van der Waals surface area contributed by atoms with Gasteiger partial charge in [0.2, 0.25) is 0 Å². The molecular formula is C27H33ClN2O4. The first-order valence-corrected chi connectivity index (χ1v) is 12.0. The maximum absolute atomic E-state index is 13.2. The van der Waals surface area contributed by atoms with E-state index in [9.17, 15) is 14.7 Å². The van der Waals surface area contributed by atoms with Crippen LogP contribution in [0, 0.1) is 6.92 Å². The van der Waals surface area contributed by atoms with Gasteiger partial charge in [-0.2, -0.15) is 0 Å². The summed E-state index contributed by atoms with van der Waals surface area (Å²) >= 11 is 6.08. The number of hydrogen-bond donors (Lipinski definition) is 1. The highest BCUT2D eigenvalue weighted by Crippen LogP contribution is 2.40. The van der Waals surface area contributed by atoms with E-state index in [4.69, 9.17) is 16.3 Å². The molecule has 2 aromatic carbocycles. The predicted octanol–water partition coefficient (Wildman–Crippen LogP) is 5.20. The second kappa shape index (κ2) is 11.5. The summed E-state index contributed by atoms with van der Waals surface area (Å²) in [4.78, 5) is 29.8. The zero-order chi connectivity index (χ0) is 24.8. The molecule has 0 unspecified atom stereocenters. The van der Waals surface area contributed by atoms with Crippen molar-refractivity contribution in [3.8, 4) is 5.75 Å². The van der Waals surface area contributed by atoms with E-state index in [0.717, 1.165) is 30.5 Å². The highest BCUT2D eigenvalue weighted by molar-refractivity contribution is 6.46. The number of nitrogens with zero attached hydrogens (tertiary/aromatic N) is 2. The minimum absolute atomic E-state index is 0.0972. The topological polar surface area (TPSA) is 70.1 Å². The van der Waals surface area contributed by atoms with Crippen molar-refractivity contribution in [2.24, 2.45) is 0 Å². The summed E-state index contributed by atoms with van der Waals surface area (Å²) in [5.41, 5.74) is 2.10. The number of unbranched alkanes of at least 4 members (excludes halogenated alkanes) is 1. The van der Waals surface area contributed by atoms with Crippen LogP contribution in [0.1, 0.15) is 48.9 Å². The molecule has 1 aliphatic rings. The maximum atomic E-state index is 13.2. The van der Waals surface area contributed by atoms with Crippen molar-refractivity contribution < 1.29 is 19.4 Å². The van der Waals surface area contributed by atoms with Gasteiger partial charge in [-0.05, 0) is 81.9 Å². The van der Waals surface area contributed by atoms with Crippen LogP contribution in [0.4, 0.5) is 0 Å². The zero-order valence-corrected chi connectivity index (χ0v) is 21.1. The Bertz CT molecular complexity index is 1060. The Morgan fingerprint density at radius 2 is 1.82 bits per heavy atom. The Morgan fingerprint density at radius 3 is 2.44 bits per heavy atom. The van der Waals surface area contributed by atoms with E-state index in [0.29, 0.717) is 35.9 Å². The largest absolute Gasteiger partial charge is 0.507 e. The van der Waals surface area contributed by atoms with Crippen molar-refractivity contribution in [2.45, 2.75) is 39.2 Å². The number of ether oxygens (including phenoxy) is 1. The van der Waals surface area contributed by atoms with Crippen LogP contribution in [0.2, 0.25) is 5.02 Å². The molecule has 34 heavy (non-hydrogen) atoms. The molecule has 1 atom stereocenters. The van der Waals surface area contributed by atoms with Crippen molar-refractivity contribution in [1.29, 1.82) is 0 Å². The SMILES string of the molecule is CCCCOc1ccc(/C(O)=C2\C(=O)C(=O)N(CCCN(C)C)[C@H]2c2ccc(Cl)cc2)c(C)c1. The second-order valence-electron chi connectivity index (χ2n) is 8.88. The number of likely N-dealkylation sites (tertiary alicyclic amines) is 1. The third-order valence-corrected chi connectivity index (χ3v) is 6.20. The number of halogens is 1. The minimum atomic E-state index is -0.681. The highest BCUT2D eigenvalue weighted by atomic mass is 35.5. The smallest absolute Gasteiger partial charge is 0.295 e. The van der Waals surface area contributed by atoms with E-state index in [1.807, 2.05) is 32.0 Å². The summed E-state index contributed by atoms with van der Waals surface area (Å²) in [5.74, 6) is -0.741. The molecule has 1 aliphatic heterocycles. The van der Waals surface area contributed by atoms with E-state index < -0.39 is 17.7 Å². The number of carbonyl (C=O) groups is 2. The quantitative estimate of drug-likeness (QED) is 0.217. The van der Waals surface area contributed by atoms with Gasteiger partial charge in [0.15, 0.2) is 0 Å². The Hall–Kier alpha value is -2.83. The molecule has 6 nitrogen and oxygen atoms in total. The van der Waals surface area contributed by atoms with E-state index in [2.05, 4.69) is 6.92 Å². The number of aryl methyl sites for hydroxylation is 1. The first kappa shape index (κ1) is 25.8. The number of Topliss-reactive ketones (excluding diaryl/α,β-unsaturated/α-hetero) is 1. The Morgan fingerprint density at radius 1 is 1.12 bits per heavy atom. The predicted molar refractivity (Wildman–Crippen MR) is 135 cm³/mol. The van der Waals surface area contributed by atoms with Gasteiger partial charge in [-0.1, -0.05) is 37.1 Å². The van der Waals surface area contributed by atoms with Crippen LogP contribution in [0.15, 0.2) is 48.0 Å². The average Bonchev–Trinajstić information content (AvgIpc) is 3.04. The fourth-order valence-electron chi connectivity index (χ4n) is 4.13. The standard InChI is InChI=1S/C27H33ClN2O4/c1-5-6-16-34-21-12-13-22(18(2)17-21)25(31)23-24(19-8-10-20(28)11-9-19)30(27(33)26(23)32)15-7-14-29(3)4/h8-13,17,24,31H,5-7,14-16H2,1-4H3/b25-23+/t24-/m0/s1. The van der Waals surface area contributed by atoms with Crippen LogP contribution >= 0.6 is 11.6 Å². The van der Waals surface area contributed by atoms with E-state index in [1.54, 1.807) is 41.3 Å². The van der Waals surface area contributed by atoms with Crippen molar-refractivity contribution in [1.82, 2.24) is 9.80 Å². The Balaban J connectivity index is 2.02. The summed E-state index contributed by atoms with van der Waals surface area (Å²) in [7, 11) is 3.92. The van der Waals surface area contributed by atoms with Crippen LogP contribution in [0.25, 0.3) is 5.76 Å². The number of aliphatic hydroxyl groups excluding tert-OH is 1. The third-order valence-electron chi connectivity index (χ3n) is 5.95. The number of amides is 1. The molecule has 1 heterocycles. The molecule has 0 bridgehead atoms. The summed E-state index contributed by atoms with van der Waals surface area (Å²) in [6.45, 7) is 5.75. The summed E-state index contributed by atoms with van der Waals surface area (Å²) in [5, 5.41) is 11.9. The van der Waals surface area contributed by atoms with Gasteiger partial charge in [0, 0.05) is 17.1 Å². The van der Waals surface area contributed by atoms with Crippen LogP contribution < -0.4 is 4.74 Å². The lowest BCUT2D eigenvalue weighted by Gasteiger charge is -2.26. The first-order chi connectivity index (χ1) is 16.2. The fourth-order valence-corrected chi connectivity index (χ4v) is 4.26. The first-order valence-electron chi connectivity index (χ1n) is 11.7. The molecule has 7 heteroatoms. The number of carbonyl (C=O) groups excluding carboxylic acids is 2. The second-order valence-corrected chi connectivity index (χ2v) is 9.32. The van der Waals surface area contributed by atoms with Crippen molar-refractivity contribution in [3.05, 3.63) is 69.8 Å². The van der Waals surface area contributed by atoms with Gasteiger partial charge in [-0.3, -0.25) is 9.59 Å². The van der Waals surface area contributed by atoms with E-state index >= 15 is 0 Å². The monoisotopic (exact) mass is 484 g/mol. The summed E-state index contributed by atoms with van der Waals surface area (Å²) in [6, 6.07) is 11.7. The molecule has 2 aromatic rings. The molecule has 3 rings (SSSR count). The highest BCUT2D eigenvalue weighted by Gasteiger charge is 2.45. The number of hydrogen-bond acceptors (Lipinski definition) is 5. The lowest BCUT2D eigenvalue weighted by molar-refractivity contribution is -0.139. The van der Waals surface area contributed by atoms with Crippen molar-refractivity contribution in [2.75, 3.05) is 33.8 Å². The van der Waals surface area contributed by atoms with Crippen molar-refractivity contribution >= 4 is 29.1 Å². The molecule has 0 saturated carbocycles. The molecule has 1 fully saturated rings. The van der Waals surface area contributed by atoms with E-state index in [-0.39, 0.29) is 11.3 Å². The summed E-state index contributed by atoms with van der Waals surface area (Å²) < 4.78 is 5.76. The van der Waals surface area contributed by atoms with Gasteiger partial charge in [0.25, 0.3) is 11.7 Å². The fraction of sp³-hybridized carbons (Fsp3) is 0.407. The average molecular weight is 485 g/mol. The lowest BCUT2D eigenvalue weighted by atomic mass is 9.94. The van der Waals surface area contributed by atoms with Gasteiger partial charge < -0.3 is 19.6 Å². The van der Waals surface area contributed by atoms with Crippen LogP contribution in [0.3, 0.4) is 0 Å². The van der Waals surface area contributed by atoms with Gasteiger partial charge >= 0.3 is 0 Å². The molecule has 0 radical (unpaired) electrons. The van der Waals surface area contributed by atoms with E-state index in [1.165, 1.54) is 0 Å². The molecule has 1 N–H and O–H groups in total. The van der Waals surface area contributed by atoms with Gasteiger partial charge in [-0.25, -0.2) is 0 Å². The van der Waals surface area contributed by atoms with Gasteiger partial charge in [0.05, 0.1) is 18.2 Å². The van der Waals surface area contributed by atoms with Crippen LogP contribution in [-0.2, 0) is 9.59 Å². The number of ketones is 1. The number of aliphatic hydroxyl groups is 1. The molecule has 1 amide bonds. The minimum Gasteiger partial charge on any atom is -0.507 e. The number of rotatable bonds is 10. The third kappa shape index (κ3) is 5.80. The number of benzene rings is 2. The Labute approximate surface area is 206 Å². The van der Waals surface area contributed by atoms with Gasteiger partial charge in [-0.15, -0.1) is 0 Å². The molecule has 182 valence electrons. The molecular weight excluding hydrogens is 452 g/mol. The normalized spacial score (nSPS) is 17.6. The summed E-state index contributed by atoms with van der Waals surface area (Å²) in [6.07, 6.45) is 2.70. The lowest BCUT2D eigenvalue weighted by Crippen LogP contribution is -2.32. The zero-order valence-electron chi connectivity index (χ0n) is 20.3. The maximum Gasteiger partial charge on any atom is 0.295 e. The molecule has 0 aliphatic carbocycles. The molecule has 1 saturated heterocycles. The van der Waals surface area contributed by atoms with Gasteiger partial charge in [0.1, 0.15) is 11.5 Å². The van der Waals surface area contributed by atoms with Crippen LogP contribution in [0.5, 0.6) is 5.75 Å². The van der Waals surface area contributed by atoms with Crippen molar-refractivity contribution in [3.63, 3.8) is 0 Å².